The highest BCUT2D eigenvalue weighted by atomic mass is 16.5. The number of hydrogen-bond acceptors (Lipinski definition) is 6. The highest BCUT2D eigenvalue weighted by Crippen LogP contribution is 2.30. The van der Waals surface area contributed by atoms with Crippen LogP contribution in [-0.2, 0) is 11.2 Å². The lowest BCUT2D eigenvalue weighted by atomic mass is 9.90. The van der Waals surface area contributed by atoms with E-state index < -0.39 is 0 Å². The van der Waals surface area contributed by atoms with Crippen LogP contribution in [0.1, 0.15) is 57.7 Å². The molecule has 35 heavy (non-hydrogen) atoms. The first-order chi connectivity index (χ1) is 17.0. The van der Waals surface area contributed by atoms with Crippen LogP contribution in [0.3, 0.4) is 0 Å². The molecule has 3 aromatic rings. The third-order valence-electron chi connectivity index (χ3n) is 7.17. The molecule has 0 aromatic carbocycles. The molecule has 0 N–H and O–H groups in total. The van der Waals surface area contributed by atoms with Gasteiger partial charge in [0, 0.05) is 37.9 Å². The predicted octanol–water partition coefficient (Wildman–Crippen LogP) is 4.28. The molecule has 0 amide bonds. The van der Waals surface area contributed by atoms with Gasteiger partial charge in [0.25, 0.3) is 0 Å². The maximum atomic E-state index is 13.1. The average Bonchev–Trinajstić information content (AvgIpc) is 3.27. The number of carbonyl (C=O) groups is 1. The van der Waals surface area contributed by atoms with Crippen molar-refractivity contribution in [3.8, 4) is 5.82 Å². The van der Waals surface area contributed by atoms with Gasteiger partial charge < -0.3 is 4.74 Å². The lowest BCUT2D eigenvalue weighted by Crippen LogP contribution is -2.43. The first kappa shape index (κ1) is 23.6. The van der Waals surface area contributed by atoms with Crippen molar-refractivity contribution in [3.63, 3.8) is 0 Å². The predicted molar refractivity (Wildman–Crippen MR) is 136 cm³/mol. The van der Waals surface area contributed by atoms with E-state index in [-0.39, 0.29) is 5.78 Å². The van der Waals surface area contributed by atoms with Gasteiger partial charge in [-0.15, -0.1) is 0 Å². The highest BCUT2D eigenvalue weighted by Gasteiger charge is 2.24. The summed E-state index contributed by atoms with van der Waals surface area (Å²) in [5.74, 6) is 0.755. The van der Waals surface area contributed by atoms with Crippen molar-refractivity contribution in [1.29, 1.82) is 0 Å². The zero-order valence-electron chi connectivity index (χ0n) is 20.8. The fourth-order valence-corrected chi connectivity index (χ4v) is 5.16. The second-order valence-corrected chi connectivity index (χ2v) is 9.66. The van der Waals surface area contributed by atoms with E-state index >= 15 is 0 Å². The average molecular weight is 472 g/mol. The quantitative estimate of drug-likeness (QED) is 0.500. The van der Waals surface area contributed by atoms with E-state index in [0.29, 0.717) is 23.8 Å². The maximum absolute atomic E-state index is 13.1. The second-order valence-electron chi connectivity index (χ2n) is 9.66. The summed E-state index contributed by atoms with van der Waals surface area (Å²) in [5.41, 5.74) is 6.96. The molecule has 7 nitrogen and oxygen atoms in total. The van der Waals surface area contributed by atoms with Crippen molar-refractivity contribution < 1.29 is 9.53 Å². The van der Waals surface area contributed by atoms with Crippen LogP contribution < -0.4 is 0 Å². The molecule has 1 saturated heterocycles. The molecule has 1 fully saturated rings. The highest BCUT2D eigenvalue weighted by molar-refractivity contribution is 5.98. The van der Waals surface area contributed by atoms with E-state index in [9.17, 15) is 4.79 Å². The number of aromatic nitrogens is 4. The number of rotatable bonds is 6. The largest absolute Gasteiger partial charge is 0.379 e. The minimum atomic E-state index is 0.0417. The first-order valence-corrected chi connectivity index (χ1v) is 12.5. The Balaban J connectivity index is 1.26. The maximum Gasteiger partial charge on any atom is 0.170 e. The summed E-state index contributed by atoms with van der Waals surface area (Å²) in [6.45, 7) is 9.76. The summed E-state index contributed by atoms with van der Waals surface area (Å²) < 4.78 is 7.22. The Morgan fingerprint density at radius 3 is 2.60 bits per heavy atom. The standard InChI is InChI=1S/C28H33N5O2/c1-19-4-9-27(29-16-19)33-21(3)25(18-31-33)26(34)15-22-14-20(2)28(30-17-22)23-5-7-24(8-6-23)32-10-12-35-13-11-32/h4-5,9,14,16-18,24H,6-8,10-13,15H2,1-3H3. The van der Waals surface area contributed by atoms with E-state index in [1.165, 1.54) is 5.57 Å². The van der Waals surface area contributed by atoms with Crippen molar-refractivity contribution in [1.82, 2.24) is 24.6 Å². The molecule has 1 atom stereocenters. The Morgan fingerprint density at radius 1 is 1.09 bits per heavy atom. The normalized spacial score (nSPS) is 18.9. The Kier molecular flexibility index (Phi) is 6.88. The number of Topliss-reactive ketones (excluding diaryl/α,β-unsaturated/α-hetero) is 1. The summed E-state index contributed by atoms with van der Waals surface area (Å²) in [6, 6.07) is 6.62. The van der Waals surface area contributed by atoms with Crippen molar-refractivity contribution in [2.45, 2.75) is 52.5 Å². The van der Waals surface area contributed by atoms with Gasteiger partial charge in [0.15, 0.2) is 11.6 Å². The Bertz CT molecular complexity index is 1240. The van der Waals surface area contributed by atoms with E-state index in [1.807, 2.05) is 32.2 Å². The molecule has 2 aliphatic rings. The fourth-order valence-electron chi connectivity index (χ4n) is 5.16. The molecule has 0 saturated carbocycles. The third kappa shape index (κ3) is 5.11. The molecular weight excluding hydrogens is 438 g/mol. The number of hydrogen-bond donors (Lipinski definition) is 0. The first-order valence-electron chi connectivity index (χ1n) is 12.5. The number of carbonyl (C=O) groups excluding carboxylic acids is 1. The monoisotopic (exact) mass is 471 g/mol. The molecule has 1 aliphatic heterocycles. The SMILES string of the molecule is Cc1ccc(-n2ncc(C(=O)Cc3cnc(C4=CCC(N5CCOCC5)CC4)c(C)c3)c2C)nc1. The van der Waals surface area contributed by atoms with Crippen molar-refractivity contribution in [3.05, 3.63) is 76.5 Å². The molecule has 0 radical (unpaired) electrons. The fraction of sp³-hybridized carbons (Fsp3) is 0.429. The van der Waals surface area contributed by atoms with Gasteiger partial charge in [-0.3, -0.25) is 14.7 Å². The molecule has 0 spiro atoms. The van der Waals surface area contributed by atoms with Gasteiger partial charge >= 0.3 is 0 Å². The van der Waals surface area contributed by atoms with Gasteiger partial charge in [0.2, 0.25) is 0 Å². The van der Waals surface area contributed by atoms with Crippen LogP contribution in [-0.4, -0.2) is 62.8 Å². The summed E-state index contributed by atoms with van der Waals surface area (Å²) in [6.07, 6.45) is 11.2. The second kappa shape index (κ2) is 10.2. The van der Waals surface area contributed by atoms with Crippen LogP contribution in [0.15, 0.2) is 42.9 Å². The number of ketones is 1. The van der Waals surface area contributed by atoms with E-state index in [1.54, 1.807) is 17.1 Å². The molecule has 5 rings (SSSR count). The lowest BCUT2D eigenvalue weighted by Gasteiger charge is -2.36. The van der Waals surface area contributed by atoms with Crippen LogP contribution in [0.2, 0.25) is 0 Å². The molecule has 3 aromatic heterocycles. The molecule has 0 bridgehead atoms. The summed E-state index contributed by atoms with van der Waals surface area (Å²) in [7, 11) is 0. The molecule has 1 aliphatic carbocycles. The van der Waals surface area contributed by atoms with Crippen LogP contribution in [0, 0.1) is 20.8 Å². The lowest BCUT2D eigenvalue weighted by molar-refractivity contribution is 0.0150. The zero-order chi connectivity index (χ0) is 24.4. The third-order valence-corrected chi connectivity index (χ3v) is 7.17. The number of nitrogens with zero attached hydrogens (tertiary/aromatic N) is 5. The van der Waals surface area contributed by atoms with E-state index in [4.69, 9.17) is 9.72 Å². The van der Waals surface area contributed by atoms with Gasteiger partial charge in [-0.1, -0.05) is 18.2 Å². The van der Waals surface area contributed by atoms with Crippen LogP contribution in [0.4, 0.5) is 0 Å². The Morgan fingerprint density at radius 2 is 1.91 bits per heavy atom. The van der Waals surface area contributed by atoms with Gasteiger partial charge in [-0.05, 0) is 68.4 Å². The number of ether oxygens (including phenoxy) is 1. The van der Waals surface area contributed by atoms with Crippen molar-refractivity contribution in [2.75, 3.05) is 26.3 Å². The van der Waals surface area contributed by atoms with E-state index in [0.717, 1.165) is 73.6 Å². The van der Waals surface area contributed by atoms with Crippen LogP contribution in [0.25, 0.3) is 11.4 Å². The number of morpholine rings is 1. The Labute approximate surface area is 206 Å². The zero-order valence-corrected chi connectivity index (χ0v) is 20.8. The van der Waals surface area contributed by atoms with Crippen LogP contribution >= 0.6 is 0 Å². The molecule has 182 valence electrons. The summed E-state index contributed by atoms with van der Waals surface area (Å²) >= 11 is 0. The number of aryl methyl sites for hydroxylation is 2. The van der Waals surface area contributed by atoms with Crippen molar-refractivity contribution in [2.24, 2.45) is 0 Å². The molecule has 1 unspecified atom stereocenters. The molecule has 4 heterocycles. The van der Waals surface area contributed by atoms with Gasteiger partial charge in [0.05, 0.1) is 36.4 Å². The minimum Gasteiger partial charge on any atom is -0.379 e. The smallest absolute Gasteiger partial charge is 0.170 e. The van der Waals surface area contributed by atoms with Crippen LogP contribution in [0.5, 0.6) is 0 Å². The number of allylic oxidation sites excluding steroid dienone is 1. The van der Waals surface area contributed by atoms with Gasteiger partial charge in [-0.2, -0.15) is 5.10 Å². The molecule has 7 heteroatoms. The van der Waals surface area contributed by atoms with Gasteiger partial charge in [0.1, 0.15) is 0 Å². The number of pyridine rings is 2. The molecular formula is C28H33N5O2. The topological polar surface area (TPSA) is 73.1 Å². The van der Waals surface area contributed by atoms with Gasteiger partial charge in [-0.25, -0.2) is 9.67 Å². The van der Waals surface area contributed by atoms with Crippen molar-refractivity contribution >= 4 is 11.4 Å². The minimum absolute atomic E-state index is 0.0417. The van der Waals surface area contributed by atoms with E-state index in [2.05, 4.69) is 34.0 Å². The summed E-state index contributed by atoms with van der Waals surface area (Å²) in [4.78, 5) is 24.9. The Hall–Kier alpha value is -3.16. The summed E-state index contributed by atoms with van der Waals surface area (Å²) in [5, 5.41) is 4.41.